The average molecular weight is 390 g/mol. The first-order valence-corrected chi connectivity index (χ1v) is 10.9. The highest BCUT2D eigenvalue weighted by Crippen LogP contribution is 2.32. The molecule has 2 aromatic rings. The number of rotatable bonds is 3. The summed E-state index contributed by atoms with van der Waals surface area (Å²) in [6.45, 7) is 4.78. The van der Waals surface area contributed by atoms with Gasteiger partial charge in [0.05, 0.1) is 12.2 Å². The van der Waals surface area contributed by atoms with Gasteiger partial charge < -0.3 is 9.80 Å². The zero-order chi connectivity index (χ0) is 19.6. The maximum atomic E-state index is 13.7. The lowest BCUT2D eigenvalue weighted by atomic mass is 9.79. The van der Waals surface area contributed by atoms with E-state index in [4.69, 9.17) is 4.98 Å². The summed E-state index contributed by atoms with van der Waals surface area (Å²) in [6, 6.07) is 14.5. The highest BCUT2D eigenvalue weighted by Gasteiger charge is 2.33. The molecule has 5 heterocycles. The summed E-state index contributed by atoms with van der Waals surface area (Å²) in [5.74, 6) is 9.18. The third kappa shape index (κ3) is 4.16. The van der Waals surface area contributed by atoms with E-state index in [-0.39, 0.29) is 0 Å². The maximum Gasteiger partial charge on any atom is 0.129 e. The first kappa shape index (κ1) is 18.6. The molecule has 4 saturated heterocycles. The molecule has 0 radical (unpaired) electrons. The second-order valence-electron chi connectivity index (χ2n) is 8.67. The van der Waals surface area contributed by atoms with Gasteiger partial charge >= 0.3 is 0 Å². The van der Waals surface area contributed by atoms with E-state index < -0.39 is 6.17 Å². The monoisotopic (exact) mass is 389 g/mol. The Labute approximate surface area is 172 Å². The Hall–Kier alpha value is -2.38. The van der Waals surface area contributed by atoms with Crippen molar-refractivity contribution in [1.29, 1.82) is 0 Å². The zero-order valence-electron chi connectivity index (χ0n) is 16.9. The molecule has 150 valence electrons. The average Bonchev–Trinajstić information content (AvgIpc) is 3.21. The molecule has 1 aromatic carbocycles. The van der Waals surface area contributed by atoms with Crippen LogP contribution in [0.15, 0.2) is 42.5 Å². The van der Waals surface area contributed by atoms with Crippen LogP contribution in [-0.4, -0.2) is 48.8 Å². The van der Waals surface area contributed by atoms with Crippen molar-refractivity contribution in [3.63, 3.8) is 0 Å². The number of hydrogen-bond donors (Lipinski definition) is 0. The van der Waals surface area contributed by atoms with Crippen LogP contribution in [0.4, 0.5) is 10.2 Å². The van der Waals surface area contributed by atoms with Gasteiger partial charge in [0.15, 0.2) is 0 Å². The molecule has 4 fully saturated rings. The van der Waals surface area contributed by atoms with Crippen LogP contribution >= 0.6 is 0 Å². The van der Waals surface area contributed by atoms with Gasteiger partial charge in [-0.25, -0.2) is 9.37 Å². The van der Waals surface area contributed by atoms with E-state index in [1.165, 1.54) is 31.5 Å². The summed E-state index contributed by atoms with van der Waals surface area (Å²) in [7, 11) is 0. The Bertz CT molecular complexity index is 909. The van der Waals surface area contributed by atoms with Gasteiger partial charge in [-0.2, -0.15) is 0 Å². The first-order chi connectivity index (χ1) is 14.2. The fourth-order valence-electron chi connectivity index (χ4n) is 4.93. The van der Waals surface area contributed by atoms with Crippen LogP contribution in [0.2, 0.25) is 0 Å². The van der Waals surface area contributed by atoms with Gasteiger partial charge in [0.25, 0.3) is 0 Å². The number of nitrogens with zero attached hydrogens (tertiary/aromatic N) is 3. The van der Waals surface area contributed by atoms with Crippen molar-refractivity contribution < 1.29 is 4.39 Å². The molecule has 0 spiro atoms. The lowest BCUT2D eigenvalue weighted by Gasteiger charge is -2.42. The Kier molecular flexibility index (Phi) is 5.24. The van der Waals surface area contributed by atoms with E-state index in [1.54, 1.807) is 0 Å². The molecule has 3 nitrogen and oxygen atoms in total. The van der Waals surface area contributed by atoms with Gasteiger partial charge in [-0.3, -0.25) is 0 Å². The van der Waals surface area contributed by atoms with Gasteiger partial charge in [0.1, 0.15) is 12.0 Å². The number of halogens is 1. The summed E-state index contributed by atoms with van der Waals surface area (Å²) in [4.78, 5) is 9.55. The molecule has 2 bridgehead atoms. The predicted octanol–water partition coefficient (Wildman–Crippen LogP) is 3.91. The summed E-state index contributed by atoms with van der Waals surface area (Å²) >= 11 is 0. The number of benzene rings is 1. The van der Waals surface area contributed by atoms with Crippen LogP contribution in [0.3, 0.4) is 0 Å². The normalized spacial score (nSPS) is 28.2. The zero-order valence-corrected chi connectivity index (χ0v) is 16.9. The molecule has 1 aromatic heterocycles. The summed E-state index contributed by atoms with van der Waals surface area (Å²) in [5, 5.41) is 0. The lowest BCUT2D eigenvalue weighted by molar-refractivity contribution is 0.0778. The minimum Gasteiger partial charge on any atom is -0.354 e. The Balaban J connectivity index is 1.43. The SMILES string of the molecule is F[C@H]1CCN(c2ccc(C#CC3CN4CCC3CC4)c(Cc3ccccc3)n2)C1. The highest BCUT2D eigenvalue weighted by atomic mass is 19.1. The van der Waals surface area contributed by atoms with E-state index in [2.05, 4.69) is 52.0 Å². The largest absolute Gasteiger partial charge is 0.354 e. The van der Waals surface area contributed by atoms with E-state index in [0.29, 0.717) is 18.9 Å². The minimum absolute atomic E-state index is 0.447. The molecule has 1 unspecified atom stereocenters. The van der Waals surface area contributed by atoms with Gasteiger partial charge in [0, 0.05) is 31.0 Å². The van der Waals surface area contributed by atoms with Crippen LogP contribution in [0, 0.1) is 23.7 Å². The van der Waals surface area contributed by atoms with Gasteiger partial charge in [-0.15, -0.1) is 0 Å². The van der Waals surface area contributed by atoms with Crippen LogP contribution in [0.1, 0.15) is 36.1 Å². The molecule has 4 aliphatic heterocycles. The van der Waals surface area contributed by atoms with Gasteiger partial charge in [-0.1, -0.05) is 42.2 Å². The summed E-state index contributed by atoms with van der Waals surface area (Å²) in [6.07, 6.45) is 3.17. The quantitative estimate of drug-likeness (QED) is 0.742. The summed E-state index contributed by atoms with van der Waals surface area (Å²) in [5.41, 5.74) is 3.25. The third-order valence-electron chi connectivity index (χ3n) is 6.68. The molecule has 0 aliphatic carbocycles. The summed E-state index contributed by atoms with van der Waals surface area (Å²) < 4.78 is 13.7. The lowest BCUT2D eigenvalue weighted by Crippen LogP contribution is -2.46. The number of aromatic nitrogens is 1. The number of hydrogen-bond acceptors (Lipinski definition) is 3. The Morgan fingerprint density at radius 2 is 1.79 bits per heavy atom. The Morgan fingerprint density at radius 3 is 2.48 bits per heavy atom. The molecule has 4 aliphatic rings. The first-order valence-electron chi connectivity index (χ1n) is 10.9. The van der Waals surface area contributed by atoms with Crippen LogP contribution < -0.4 is 4.90 Å². The van der Waals surface area contributed by atoms with E-state index >= 15 is 0 Å². The minimum atomic E-state index is -0.745. The molecule has 2 atom stereocenters. The molecule has 29 heavy (non-hydrogen) atoms. The van der Waals surface area contributed by atoms with Crippen molar-refractivity contribution in [3.8, 4) is 11.8 Å². The number of anilines is 1. The number of alkyl halides is 1. The second kappa shape index (κ2) is 8.16. The molecule has 0 saturated carbocycles. The predicted molar refractivity (Wildman–Crippen MR) is 115 cm³/mol. The number of piperidine rings is 3. The van der Waals surface area contributed by atoms with Gasteiger partial charge in [-0.05, 0) is 56.0 Å². The second-order valence-corrected chi connectivity index (χ2v) is 8.67. The Morgan fingerprint density at radius 1 is 0.966 bits per heavy atom. The van der Waals surface area contributed by atoms with Crippen LogP contribution in [0.25, 0.3) is 0 Å². The highest BCUT2D eigenvalue weighted by molar-refractivity contribution is 5.49. The van der Waals surface area contributed by atoms with Crippen molar-refractivity contribution in [2.75, 3.05) is 37.6 Å². The molecular weight excluding hydrogens is 361 g/mol. The van der Waals surface area contributed by atoms with Crippen molar-refractivity contribution in [1.82, 2.24) is 9.88 Å². The van der Waals surface area contributed by atoms with Crippen molar-refractivity contribution >= 4 is 5.82 Å². The standard InChI is InChI=1S/C25H28FN3/c26-23-12-15-29(18-23)25-9-8-21(24(27-25)16-19-4-2-1-3-5-19)6-7-22-17-28-13-10-20(22)11-14-28/h1-5,8-9,20,22-23H,10-18H2/t22?,23-/m0/s1. The third-order valence-corrected chi connectivity index (χ3v) is 6.68. The fourth-order valence-corrected chi connectivity index (χ4v) is 4.93. The topological polar surface area (TPSA) is 19.4 Å². The molecular formula is C25H28FN3. The van der Waals surface area contributed by atoms with Gasteiger partial charge in [0.2, 0.25) is 0 Å². The van der Waals surface area contributed by atoms with Crippen molar-refractivity contribution in [3.05, 3.63) is 59.3 Å². The van der Waals surface area contributed by atoms with E-state index in [1.807, 2.05) is 12.1 Å². The van der Waals surface area contributed by atoms with Crippen molar-refractivity contribution in [2.24, 2.45) is 11.8 Å². The molecule has 0 N–H and O–H groups in total. The van der Waals surface area contributed by atoms with Crippen LogP contribution in [-0.2, 0) is 6.42 Å². The van der Waals surface area contributed by atoms with E-state index in [0.717, 1.165) is 42.5 Å². The smallest absolute Gasteiger partial charge is 0.129 e. The number of fused-ring (bicyclic) bond motifs is 3. The maximum absolute atomic E-state index is 13.7. The number of pyridine rings is 1. The molecule has 0 amide bonds. The van der Waals surface area contributed by atoms with Crippen LogP contribution in [0.5, 0.6) is 0 Å². The van der Waals surface area contributed by atoms with Crippen molar-refractivity contribution in [2.45, 2.75) is 31.9 Å². The molecule has 4 heteroatoms. The molecule has 6 rings (SSSR count). The van der Waals surface area contributed by atoms with E-state index in [9.17, 15) is 4.39 Å². The fraction of sp³-hybridized carbons (Fsp3) is 0.480.